The number of sulfonamides is 1. The molecule has 0 aliphatic carbocycles. The normalized spacial score (nSPS) is 13.1. The van der Waals surface area contributed by atoms with Crippen LogP contribution in [0, 0.1) is 0 Å². The Balaban J connectivity index is 1.86. The molecule has 136 valence electrons. The number of hydrogen-bond acceptors (Lipinski definition) is 6. The zero-order valence-electron chi connectivity index (χ0n) is 14.4. The van der Waals surface area contributed by atoms with E-state index in [0.717, 1.165) is 17.3 Å². The molecular formula is C19H16N4O2S2. The van der Waals surface area contributed by atoms with Crippen LogP contribution in [0.15, 0.2) is 77.8 Å². The van der Waals surface area contributed by atoms with E-state index in [-0.39, 0.29) is 4.90 Å². The highest BCUT2D eigenvalue weighted by molar-refractivity contribution is 7.89. The van der Waals surface area contributed by atoms with Crippen LogP contribution in [0.5, 0.6) is 0 Å². The third-order valence-corrected chi connectivity index (χ3v) is 6.75. The SMILES string of the molecule is CN(C(c1ccccc1)c1ccccn1)S(=O)(=O)c1cccc2nsnc12. The molecule has 6 nitrogen and oxygen atoms in total. The Hall–Kier alpha value is -2.68. The number of aromatic nitrogens is 3. The first-order valence-corrected chi connectivity index (χ1v) is 10.4. The first-order chi connectivity index (χ1) is 13.1. The molecule has 27 heavy (non-hydrogen) atoms. The van der Waals surface area contributed by atoms with Gasteiger partial charge in [0.2, 0.25) is 10.0 Å². The van der Waals surface area contributed by atoms with E-state index < -0.39 is 16.1 Å². The minimum atomic E-state index is -3.83. The Kier molecular flexibility index (Phi) is 4.69. The molecular weight excluding hydrogens is 380 g/mol. The molecule has 0 amide bonds. The summed E-state index contributed by atoms with van der Waals surface area (Å²) in [7, 11) is -2.26. The fraction of sp³-hybridized carbons (Fsp3) is 0.105. The Morgan fingerprint density at radius 1 is 0.926 bits per heavy atom. The molecule has 0 fully saturated rings. The first kappa shape index (κ1) is 17.7. The van der Waals surface area contributed by atoms with Crippen molar-refractivity contribution >= 4 is 32.8 Å². The fourth-order valence-corrected chi connectivity index (χ4v) is 5.09. The van der Waals surface area contributed by atoms with Crippen molar-refractivity contribution in [3.63, 3.8) is 0 Å². The first-order valence-electron chi connectivity index (χ1n) is 8.24. The number of fused-ring (bicyclic) bond motifs is 1. The fourth-order valence-electron chi connectivity index (χ4n) is 3.02. The second-order valence-corrected chi connectivity index (χ2v) is 8.47. The van der Waals surface area contributed by atoms with E-state index in [4.69, 9.17) is 0 Å². The Morgan fingerprint density at radius 3 is 2.44 bits per heavy atom. The maximum atomic E-state index is 13.5. The quantitative estimate of drug-likeness (QED) is 0.516. The van der Waals surface area contributed by atoms with Crippen LogP contribution in [0.3, 0.4) is 0 Å². The van der Waals surface area contributed by atoms with Gasteiger partial charge < -0.3 is 0 Å². The monoisotopic (exact) mass is 396 g/mol. The molecule has 0 N–H and O–H groups in total. The van der Waals surface area contributed by atoms with Crippen molar-refractivity contribution in [3.05, 3.63) is 84.2 Å². The van der Waals surface area contributed by atoms with Crippen LogP contribution in [-0.4, -0.2) is 33.5 Å². The molecule has 0 bridgehead atoms. The second kappa shape index (κ2) is 7.15. The van der Waals surface area contributed by atoms with Crippen LogP contribution in [-0.2, 0) is 10.0 Å². The van der Waals surface area contributed by atoms with Gasteiger partial charge in [0.15, 0.2) is 0 Å². The summed E-state index contributed by atoms with van der Waals surface area (Å²) in [6.07, 6.45) is 1.66. The van der Waals surface area contributed by atoms with Crippen LogP contribution in [0.2, 0.25) is 0 Å². The predicted molar refractivity (Wildman–Crippen MR) is 105 cm³/mol. The summed E-state index contributed by atoms with van der Waals surface area (Å²) < 4.78 is 36.6. The van der Waals surface area contributed by atoms with Gasteiger partial charge in [0.25, 0.3) is 0 Å². The van der Waals surface area contributed by atoms with Crippen LogP contribution >= 0.6 is 11.7 Å². The second-order valence-electron chi connectivity index (χ2n) is 5.98. The lowest BCUT2D eigenvalue weighted by molar-refractivity contribution is 0.412. The lowest BCUT2D eigenvalue weighted by atomic mass is 10.0. The van der Waals surface area contributed by atoms with Crippen molar-refractivity contribution in [2.45, 2.75) is 10.9 Å². The third kappa shape index (κ3) is 3.23. The van der Waals surface area contributed by atoms with Gasteiger partial charge in [0.05, 0.1) is 23.5 Å². The molecule has 8 heteroatoms. The van der Waals surface area contributed by atoms with Crippen molar-refractivity contribution in [3.8, 4) is 0 Å². The van der Waals surface area contributed by atoms with E-state index in [2.05, 4.69) is 13.7 Å². The average Bonchev–Trinajstić information content (AvgIpc) is 3.18. The molecule has 0 aliphatic rings. The topological polar surface area (TPSA) is 76.1 Å². The van der Waals surface area contributed by atoms with Crippen LogP contribution in [0.25, 0.3) is 11.0 Å². The van der Waals surface area contributed by atoms with Gasteiger partial charge in [-0.1, -0.05) is 42.5 Å². The minimum absolute atomic E-state index is 0.146. The van der Waals surface area contributed by atoms with Crippen LogP contribution in [0.1, 0.15) is 17.3 Å². The van der Waals surface area contributed by atoms with Gasteiger partial charge >= 0.3 is 0 Å². The van der Waals surface area contributed by atoms with E-state index in [9.17, 15) is 8.42 Å². The molecule has 1 unspecified atom stereocenters. The highest BCUT2D eigenvalue weighted by Crippen LogP contribution is 2.32. The highest BCUT2D eigenvalue weighted by atomic mass is 32.2. The lowest BCUT2D eigenvalue weighted by Gasteiger charge is -2.27. The van der Waals surface area contributed by atoms with E-state index in [1.54, 1.807) is 31.4 Å². The minimum Gasteiger partial charge on any atom is -0.259 e. The number of nitrogens with zero attached hydrogens (tertiary/aromatic N) is 4. The van der Waals surface area contributed by atoms with Crippen LogP contribution in [0.4, 0.5) is 0 Å². The Labute approximate surface area is 161 Å². The third-order valence-electron chi connectivity index (χ3n) is 4.35. The van der Waals surface area contributed by atoms with Gasteiger partial charge in [-0.15, -0.1) is 0 Å². The molecule has 0 spiro atoms. The molecule has 1 atom stereocenters. The summed E-state index contributed by atoms with van der Waals surface area (Å²) in [5.41, 5.74) is 2.45. The van der Waals surface area contributed by atoms with E-state index in [1.165, 1.54) is 4.31 Å². The predicted octanol–water partition coefficient (Wildman–Crippen LogP) is 3.50. The van der Waals surface area contributed by atoms with Crippen molar-refractivity contribution in [2.75, 3.05) is 7.05 Å². The average molecular weight is 396 g/mol. The largest absolute Gasteiger partial charge is 0.259 e. The molecule has 0 aliphatic heterocycles. The summed E-state index contributed by atoms with van der Waals surface area (Å²) >= 11 is 1.00. The molecule has 0 radical (unpaired) electrons. The van der Waals surface area contributed by atoms with Gasteiger partial charge in [0.1, 0.15) is 15.9 Å². The molecule has 0 saturated carbocycles. The van der Waals surface area contributed by atoms with Gasteiger partial charge in [-0.05, 0) is 29.8 Å². The maximum Gasteiger partial charge on any atom is 0.246 e. The number of hydrogen-bond donors (Lipinski definition) is 0. The lowest BCUT2D eigenvalue weighted by Crippen LogP contribution is -2.32. The Morgan fingerprint density at radius 2 is 1.70 bits per heavy atom. The number of benzene rings is 2. The number of rotatable bonds is 5. The van der Waals surface area contributed by atoms with Gasteiger partial charge in [0, 0.05) is 13.2 Å². The summed E-state index contributed by atoms with van der Waals surface area (Å²) in [5.74, 6) is 0. The van der Waals surface area contributed by atoms with Gasteiger partial charge in [-0.3, -0.25) is 4.98 Å². The van der Waals surface area contributed by atoms with Crippen molar-refractivity contribution < 1.29 is 8.42 Å². The van der Waals surface area contributed by atoms with E-state index in [1.807, 2.05) is 48.5 Å². The number of pyridine rings is 1. The molecule has 2 aromatic carbocycles. The van der Waals surface area contributed by atoms with Gasteiger partial charge in [-0.2, -0.15) is 13.1 Å². The van der Waals surface area contributed by atoms with E-state index >= 15 is 0 Å². The van der Waals surface area contributed by atoms with Crippen LogP contribution < -0.4 is 0 Å². The molecule has 0 saturated heterocycles. The van der Waals surface area contributed by atoms with E-state index in [0.29, 0.717) is 16.7 Å². The molecule has 2 aromatic heterocycles. The molecule has 4 aromatic rings. The smallest absolute Gasteiger partial charge is 0.246 e. The maximum absolute atomic E-state index is 13.5. The van der Waals surface area contributed by atoms with Crippen molar-refractivity contribution in [1.29, 1.82) is 0 Å². The zero-order chi connectivity index (χ0) is 18.9. The summed E-state index contributed by atoms with van der Waals surface area (Å²) in [4.78, 5) is 4.55. The molecule has 2 heterocycles. The zero-order valence-corrected chi connectivity index (χ0v) is 16.1. The Bertz CT molecular complexity index is 1120. The highest BCUT2D eigenvalue weighted by Gasteiger charge is 2.32. The molecule has 4 rings (SSSR count). The standard InChI is InChI=1S/C19H16N4O2S2/c1-23(27(24,25)17-12-7-11-15-18(17)22-26-21-15)19(14-8-3-2-4-9-14)16-10-5-6-13-20-16/h2-13,19H,1H3. The van der Waals surface area contributed by atoms with Crippen molar-refractivity contribution in [1.82, 2.24) is 18.0 Å². The van der Waals surface area contributed by atoms with Crippen molar-refractivity contribution in [2.24, 2.45) is 0 Å². The summed E-state index contributed by atoms with van der Waals surface area (Å²) in [6, 6.07) is 19.4. The van der Waals surface area contributed by atoms with Gasteiger partial charge in [-0.25, -0.2) is 8.42 Å². The summed E-state index contributed by atoms with van der Waals surface area (Å²) in [5, 5.41) is 0. The summed E-state index contributed by atoms with van der Waals surface area (Å²) in [6.45, 7) is 0.